The highest BCUT2D eigenvalue weighted by atomic mass is 79.9. The van der Waals surface area contributed by atoms with Crippen LogP contribution >= 0.6 is 31.9 Å². The quantitative estimate of drug-likeness (QED) is 0.790. The van der Waals surface area contributed by atoms with Gasteiger partial charge in [0.2, 0.25) is 0 Å². The molecule has 1 aromatic heterocycles. The zero-order valence-corrected chi connectivity index (χ0v) is 8.18. The van der Waals surface area contributed by atoms with Crippen molar-refractivity contribution in [1.82, 2.24) is 4.98 Å². The Kier molecular flexibility index (Phi) is 2.82. The predicted molar refractivity (Wildman–Crippen MR) is 45.6 cm³/mol. The van der Waals surface area contributed by atoms with Crippen molar-refractivity contribution in [3.63, 3.8) is 0 Å². The van der Waals surface area contributed by atoms with Crippen molar-refractivity contribution < 1.29 is 5.11 Å². The molecule has 10 heavy (non-hydrogen) atoms. The third-order valence-electron chi connectivity index (χ3n) is 1.02. The van der Waals surface area contributed by atoms with Gasteiger partial charge in [-0.25, -0.2) is 4.98 Å². The van der Waals surface area contributed by atoms with Crippen molar-refractivity contribution in [2.75, 3.05) is 0 Å². The van der Waals surface area contributed by atoms with E-state index in [-0.39, 0.29) is 6.61 Å². The fourth-order valence-electron chi connectivity index (χ4n) is 0.543. The molecular formula is C6H5Br2NO. The van der Waals surface area contributed by atoms with Crippen LogP contribution in [0.2, 0.25) is 0 Å². The summed E-state index contributed by atoms with van der Waals surface area (Å²) < 4.78 is 1.61. The van der Waals surface area contributed by atoms with E-state index in [1.165, 1.54) is 0 Å². The molecule has 1 N–H and O–H groups in total. The maximum absolute atomic E-state index is 8.65. The molecule has 0 amide bonds. The first-order chi connectivity index (χ1) is 4.74. The molecule has 0 aliphatic carbocycles. The van der Waals surface area contributed by atoms with E-state index in [0.29, 0.717) is 5.69 Å². The molecular weight excluding hydrogens is 262 g/mol. The summed E-state index contributed by atoms with van der Waals surface area (Å²) in [4.78, 5) is 4.01. The molecule has 0 saturated heterocycles. The Morgan fingerprint density at radius 1 is 1.40 bits per heavy atom. The molecule has 4 heteroatoms. The molecule has 0 radical (unpaired) electrons. The molecule has 1 heterocycles. The fraction of sp³-hybridized carbons (Fsp3) is 0.167. The molecule has 0 fully saturated rings. The number of hydrogen-bond acceptors (Lipinski definition) is 2. The smallest absolute Gasteiger partial charge is 0.120 e. The number of aliphatic hydroxyl groups is 1. The standard InChI is InChI=1S/C6H5Br2NO/c7-5-2-1-4(3-10)9-6(5)8/h1-2,10H,3H2. The zero-order valence-electron chi connectivity index (χ0n) is 5.01. The SMILES string of the molecule is OCc1ccc(Br)c(Br)n1. The summed E-state index contributed by atoms with van der Waals surface area (Å²) in [6.45, 7) is -0.0219. The lowest BCUT2D eigenvalue weighted by Crippen LogP contribution is -1.88. The average molecular weight is 267 g/mol. The van der Waals surface area contributed by atoms with Gasteiger partial charge in [-0.1, -0.05) is 0 Å². The Bertz CT molecular complexity index is 239. The Labute approximate surface area is 75.5 Å². The molecule has 54 valence electrons. The van der Waals surface area contributed by atoms with Gasteiger partial charge in [-0.15, -0.1) is 0 Å². The van der Waals surface area contributed by atoms with Crippen LogP contribution in [0.3, 0.4) is 0 Å². The highest BCUT2D eigenvalue weighted by Crippen LogP contribution is 2.20. The Hall–Kier alpha value is 0.0700. The molecule has 0 atom stereocenters. The molecule has 1 aromatic rings. The second-order valence-corrected chi connectivity index (χ2v) is 3.34. The van der Waals surface area contributed by atoms with E-state index >= 15 is 0 Å². The van der Waals surface area contributed by atoms with E-state index in [4.69, 9.17) is 5.11 Å². The Morgan fingerprint density at radius 3 is 2.60 bits per heavy atom. The largest absolute Gasteiger partial charge is 0.390 e. The second kappa shape index (κ2) is 3.46. The molecule has 0 bridgehead atoms. The van der Waals surface area contributed by atoms with Crippen molar-refractivity contribution in [3.8, 4) is 0 Å². The van der Waals surface area contributed by atoms with Crippen LogP contribution in [0.4, 0.5) is 0 Å². The van der Waals surface area contributed by atoms with Gasteiger partial charge in [0, 0.05) is 0 Å². The minimum Gasteiger partial charge on any atom is -0.390 e. The lowest BCUT2D eigenvalue weighted by atomic mass is 10.4. The zero-order chi connectivity index (χ0) is 7.56. The highest BCUT2D eigenvalue weighted by molar-refractivity contribution is 9.13. The van der Waals surface area contributed by atoms with Crippen LogP contribution in [0.15, 0.2) is 21.2 Å². The summed E-state index contributed by atoms with van der Waals surface area (Å²) in [6, 6.07) is 3.59. The maximum Gasteiger partial charge on any atom is 0.120 e. The van der Waals surface area contributed by atoms with Crippen molar-refractivity contribution in [2.24, 2.45) is 0 Å². The number of halogens is 2. The first kappa shape index (κ1) is 8.17. The van der Waals surface area contributed by atoms with Gasteiger partial charge in [-0.05, 0) is 44.0 Å². The van der Waals surface area contributed by atoms with Crippen molar-refractivity contribution >= 4 is 31.9 Å². The number of rotatable bonds is 1. The fourth-order valence-corrected chi connectivity index (χ4v) is 1.12. The maximum atomic E-state index is 8.65. The number of pyridine rings is 1. The van der Waals surface area contributed by atoms with Gasteiger partial charge in [0.05, 0.1) is 16.8 Å². The lowest BCUT2D eigenvalue weighted by molar-refractivity contribution is 0.276. The summed E-state index contributed by atoms with van der Waals surface area (Å²) in [7, 11) is 0. The van der Waals surface area contributed by atoms with Crippen LogP contribution in [-0.2, 0) is 6.61 Å². The van der Waals surface area contributed by atoms with Crippen LogP contribution in [0.5, 0.6) is 0 Å². The van der Waals surface area contributed by atoms with Crippen LogP contribution in [0.25, 0.3) is 0 Å². The van der Waals surface area contributed by atoms with E-state index in [1.807, 2.05) is 6.07 Å². The minimum atomic E-state index is -0.0219. The molecule has 0 spiro atoms. The Morgan fingerprint density at radius 2 is 2.10 bits per heavy atom. The summed E-state index contributed by atoms with van der Waals surface area (Å²) in [5.41, 5.74) is 0.662. The van der Waals surface area contributed by atoms with E-state index in [9.17, 15) is 0 Å². The van der Waals surface area contributed by atoms with Crippen molar-refractivity contribution in [1.29, 1.82) is 0 Å². The van der Waals surface area contributed by atoms with Gasteiger partial charge in [0.1, 0.15) is 4.60 Å². The summed E-state index contributed by atoms with van der Waals surface area (Å²) in [5.74, 6) is 0. The van der Waals surface area contributed by atoms with Gasteiger partial charge in [0.15, 0.2) is 0 Å². The summed E-state index contributed by atoms with van der Waals surface area (Å²) in [5, 5.41) is 8.65. The van der Waals surface area contributed by atoms with E-state index < -0.39 is 0 Å². The minimum absolute atomic E-state index is 0.0219. The van der Waals surface area contributed by atoms with Gasteiger partial charge in [-0.3, -0.25) is 0 Å². The van der Waals surface area contributed by atoms with Gasteiger partial charge < -0.3 is 5.11 Å². The third kappa shape index (κ3) is 1.78. The first-order valence-corrected chi connectivity index (χ1v) is 4.24. The van der Waals surface area contributed by atoms with Gasteiger partial charge in [0.25, 0.3) is 0 Å². The molecule has 1 rings (SSSR count). The normalized spacial score (nSPS) is 9.90. The summed E-state index contributed by atoms with van der Waals surface area (Å²) in [6.07, 6.45) is 0. The first-order valence-electron chi connectivity index (χ1n) is 2.66. The van der Waals surface area contributed by atoms with Crippen LogP contribution in [0, 0.1) is 0 Å². The third-order valence-corrected chi connectivity index (χ3v) is 2.80. The monoisotopic (exact) mass is 265 g/mol. The van der Waals surface area contributed by atoms with Crippen molar-refractivity contribution in [2.45, 2.75) is 6.61 Å². The van der Waals surface area contributed by atoms with Gasteiger partial charge in [-0.2, -0.15) is 0 Å². The number of aliphatic hydroxyl groups excluding tert-OH is 1. The molecule has 0 unspecified atom stereocenters. The summed E-state index contributed by atoms with van der Waals surface area (Å²) >= 11 is 6.49. The topological polar surface area (TPSA) is 33.1 Å². The van der Waals surface area contributed by atoms with Crippen LogP contribution in [0.1, 0.15) is 5.69 Å². The molecule has 0 aliphatic heterocycles. The molecule has 0 aromatic carbocycles. The molecule has 0 saturated carbocycles. The average Bonchev–Trinajstić information content (AvgIpc) is 1.95. The second-order valence-electron chi connectivity index (χ2n) is 1.73. The van der Waals surface area contributed by atoms with Gasteiger partial charge >= 0.3 is 0 Å². The predicted octanol–water partition coefficient (Wildman–Crippen LogP) is 2.10. The lowest BCUT2D eigenvalue weighted by Gasteiger charge is -1.96. The number of nitrogens with zero attached hydrogens (tertiary/aromatic N) is 1. The number of aromatic nitrogens is 1. The van der Waals surface area contributed by atoms with Crippen LogP contribution in [-0.4, -0.2) is 10.1 Å². The van der Waals surface area contributed by atoms with Crippen molar-refractivity contribution in [3.05, 3.63) is 26.9 Å². The Balaban J connectivity index is 3.04. The molecule has 0 aliphatic rings. The van der Waals surface area contributed by atoms with E-state index in [2.05, 4.69) is 36.8 Å². The van der Waals surface area contributed by atoms with Crippen LogP contribution < -0.4 is 0 Å². The van der Waals surface area contributed by atoms with E-state index in [1.54, 1.807) is 6.07 Å². The molecule has 2 nitrogen and oxygen atoms in total. The number of hydrogen-bond donors (Lipinski definition) is 1. The van der Waals surface area contributed by atoms with E-state index in [0.717, 1.165) is 9.08 Å². The highest BCUT2D eigenvalue weighted by Gasteiger charge is 1.97.